The van der Waals surface area contributed by atoms with Crippen molar-refractivity contribution in [3.05, 3.63) is 11.1 Å². The zero-order valence-corrected chi connectivity index (χ0v) is 13.1. The number of hydrogen-bond acceptors (Lipinski definition) is 5. The third-order valence-corrected chi connectivity index (χ3v) is 3.39. The maximum absolute atomic E-state index is 5.98. The topological polar surface area (TPSA) is 56.1 Å². The largest absolute Gasteiger partial charge is 0.378 e. The van der Waals surface area contributed by atoms with Gasteiger partial charge in [-0.1, -0.05) is 13.8 Å². The lowest BCUT2D eigenvalue weighted by Gasteiger charge is -2.28. The summed E-state index contributed by atoms with van der Waals surface area (Å²) in [5, 5.41) is 0.238. The molecule has 0 aliphatic carbocycles. The van der Waals surface area contributed by atoms with E-state index < -0.39 is 0 Å². The van der Waals surface area contributed by atoms with Crippen LogP contribution >= 0.6 is 11.6 Å². The first kappa shape index (κ1) is 15.0. The van der Waals surface area contributed by atoms with Gasteiger partial charge in [-0.3, -0.25) is 0 Å². The Morgan fingerprint density at radius 1 is 1.10 bits per heavy atom. The van der Waals surface area contributed by atoms with E-state index in [1.165, 1.54) is 0 Å². The molecule has 2 aromatic rings. The summed E-state index contributed by atoms with van der Waals surface area (Å²) in [6, 6.07) is 0. The number of nitrogens with zero attached hydrogens (tertiary/aromatic N) is 5. The molecule has 2 aromatic heterocycles. The van der Waals surface area contributed by atoms with E-state index in [4.69, 9.17) is 16.3 Å². The Morgan fingerprint density at radius 2 is 1.75 bits per heavy atom. The number of aryl methyl sites for hydroxylation is 2. The van der Waals surface area contributed by atoms with Gasteiger partial charge in [0.15, 0.2) is 11.5 Å². The molecule has 3 heterocycles. The fourth-order valence-corrected chi connectivity index (χ4v) is 2.33. The summed E-state index contributed by atoms with van der Waals surface area (Å²) in [7, 11) is 1.96. The van der Waals surface area contributed by atoms with Crippen LogP contribution in [0.2, 0.25) is 5.28 Å². The van der Waals surface area contributed by atoms with Gasteiger partial charge in [0.25, 0.3) is 0 Å². The molecular weight excluding hydrogens is 278 g/mol. The van der Waals surface area contributed by atoms with Gasteiger partial charge in [-0.2, -0.15) is 9.97 Å². The molecule has 0 saturated carbocycles. The van der Waals surface area contributed by atoms with E-state index in [0.29, 0.717) is 18.9 Å². The van der Waals surface area contributed by atoms with Crippen LogP contribution < -0.4 is 4.90 Å². The lowest BCUT2D eigenvalue weighted by molar-refractivity contribution is 0.122. The van der Waals surface area contributed by atoms with Crippen molar-refractivity contribution in [2.45, 2.75) is 20.8 Å². The van der Waals surface area contributed by atoms with Crippen molar-refractivity contribution < 1.29 is 4.74 Å². The molecule has 1 aliphatic rings. The summed E-state index contributed by atoms with van der Waals surface area (Å²) in [5.74, 6) is 1.74. The van der Waals surface area contributed by atoms with E-state index in [-0.39, 0.29) is 5.28 Å². The Kier molecular flexibility index (Phi) is 4.77. The maximum Gasteiger partial charge on any atom is 0.226 e. The van der Waals surface area contributed by atoms with Crippen LogP contribution in [-0.2, 0) is 11.8 Å². The number of morpholine rings is 1. The number of imidazole rings is 1. The fourth-order valence-electron chi connectivity index (χ4n) is 2.17. The Balaban J connectivity index is 0.000000704. The molecule has 0 amide bonds. The molecule has 0 bridgehead atoms. The molecule has 0 radical (unpaired) electrons. The smallest absolute Gasteiger partial charge is 0.226 e. The van der Waals surface area contributed by atoms with Crippen molar-refractivity contribution in [1.82, 2.24) is 19.5 Å². The average molecular weight is 298 g/mol. The van der Waals surface area contributed by atoms with Gasteiger partial charge in [0.05, 0.1) is 13.2 Å². The first-order valence-corrected chi connectivity index (χ1v) is 7.24. The number of hydrogen-bond donors (Lipinski definition) is 0. The second-order valence-electron chi connectivity index (χ2n) is 4.31. The molecule has 7 heteroatoms. The van der Waals surface area contributed by atoms with E-state index in [9.17, 15) is 0 Å². The highest BCUT2D eigenvalue weighted by Gasteiger charge is 2.20. The Bertz CT molecular complexity index is 592. The van der Waals surface area contributed by atoms with E-state index in [1.54, 1.807) is 0 Å². The number of ether oxygens (including phenoxy) is 1. The van der Waals surface area contributed by atoms with Crippen LogP contribution in [0.15, 0.2) is 0 Å². The van der Waals surface area contributed by atoms with Crippen molar-refractivity contribution in [3.8, 4) is 0 Å². The van der Waals surface area contributed by atoms with Gasteiger partial charge in [0.1, 0.15) is 11.3 Å². The minimum absolute atomic E-state index is 0.238. The van der Waals surface area contributed by atoms with Gasteiger partial charge in [0, 0.05) is 20.1 Å². The highest BCUT2D eigenvalue weighted by molar-refractivity contribution is 6.28. The summed E-state index contributed by atoms with van der Waals surface area (Å²) in [6.07, 6.45) is 0. The molecule has 0 atom stereocenters. The minimum atomic E-state index is 0.238. The molecule has 0 unspecified atom stereocenters. The predicted molar refractivity (Wildman–Crippen MR) is 80.4 cm³/mol. The minimum Gasteiger partial charge on any atom is -0.378 e. The zero-order chi connectivity index (χ0) is 14.7. The summed E-state index contributed by atoms with van der Waals surface area (Å²) in [4.78, 5) is 15.1. The van der Waals surface area contributed by atoms with Crippen molar-refractivity contribution >= 4 is 28.6 Å². The van der Waals surface area contributed by atoms with E-state index in [1.807, 2.05) is 32.4 Å². The molecule has 1 aliphatic heterocycles. The van der Waals surface area contributed by atoms with Crippen molar-refractivity contribution in [1.29, 1.82) is 0 Å². The molecule has 20 heavy (non-hydrogen) atoms. The lowest BCUT2D eigenvalue weighted by atomic mass is 10.3. The van der Waals surface area contributed by atoms with Gasteiger partial charge in [-0.15, -0.1) is 0 Å². The molecule has 0 spiro atoms. The first-order valence-electron chi connectivity index (χ1n) is 6.86. The molecule has 0 aromatic carbocycles. The van der Waals surface area contributed by atoms with Gasteiger partial charge >= 0.3 is 0 Å². The number of halogens is 1. The van der Waals surface area contributed by atoms with Crippen LogP contribution in [0.3, 0.4) is 0 Å². The lowest BCUT2D eigenvalue weighted by Crippen LogP contribution is -2.37. The molecule has 6 nitrogen and oxygen atoms in total. The van der Waals surface area contributed by atoms with Gasteiger partial charge < -0.3 is 14.2 Å². The fraction of sp³-hybridized carbons (Fsp3) is 0.615. The summed E-state index contributed by atoms with van der Waals surface area (Å²) >= 11 is 5.98. The molecular formula is C13H20ClN5O. The van der Waals surface area contributed by atoms with Gasteiger partial charge in [-0.05, 0) is 18.5 Å². The molecule has 110 valence electrons. The third-order valence-electron chi connectivity index (χ3n) is 3.22. The normalized spacial score (nSPS) is 15.2. The average Bonchev–Trinajstić information content (AvgIpc) is 2.76. The first-order chi connectivity index (χ1) is 9.66. The Morgan fingerprint density at radius 3 is 2.40 bits per heavy atom. The van der Waals surface area contributed by atoms with Gasteiger partial charge in [-0.25, -0.2) is 4.98 Å². The monoisotopic (exact) mass is 297 g/mol. The second-order valence-corrected chi connectivity index (χ2v) is 4.64. The van der Waals surface area contributed by atoms with E-state index >= 15 is 0 Å². The number of anilines is 1. The van der Waals surface area contributed by atoms with Crippen LogP contribution in [0, 0.1) is 6.92 Å². The van der Waals surface area contributed by atoms with Crippen LogP contribution in [0.5, 0.6) is 0 Å². The molecule has 3 rings (SSSR count). The number of aromatic nitrogens is 4. The Hall–Kier alpha value is -1.40. The van der Waals surface area contributed by atoms with Crippen LogP contribution in [-0.4, -0.2) is 45.8 Å². The summed E-state index contributed by atoms with van der Waals surface area (Å²) < 4.78 is 7.35. The zero-order valence-electron chi connectivity index (χ0n) is 12.4. The molecule has 1 fully saturated rings. The summed E-state index contributed by atoms with van der Waals surface area (Å²) in [6.45, 7) is 8.98. The standard InChI is InChI=1S/C11H14ClN5O.C2H6/c1-7-13-9-8(16(7)2)10(15-11(12)14-9)17-3-5-18-6-4-17;1-2/h3-6H2,1-2H3;1-2H3. The second kappa shape index (κ2) is 6.37. The maximum atomic E-state index is 5.98. The number of fused-ring (bicyclic) bond motifs is 1. The molecule has 0 N–H and O–H groups in total. The quantitative estimate of drug-likeness (QED) is 0.755. The van der Waals surface area contributed by atoms with Crippen LogP contribution in [0.1, 0.15) is 19.7 Å². The van der Waals surface area contributed by atoms with Crippen molar-refractivity contribution in [2.75, 3.05) is 31.2 Å². The predicted octanol–water partition coefficient (Wildman–Crippen LogP) is 2.19. The molecule has 1 saturated heterocycles. The summed E-state index contributed by atoms with van der Waals surface area (Å²) in [5.41, 5.74) is 1.58. The van der Waals surface area contributed by atoms with Crippen LogP contribution in [0.4, 0.5) is 5.82 Å². The highest BCUT2D eigenvalue weighted by atomic mass is 35.5. The van der Waals surface area contributed by atoms with Crippen molar-refractivity contribution in [3.63, 3.8) is 0 Å². The number of rotatable bonds is 1. The highest BCUT2D eigenvalue weighted by Crippen LogP contribution is 2.26. The van der Waals surface area contributed by atoms with E-state index in [0.717, 1.165) is 30.2 Å². The SMILES string of the molecule is CC.Cc1nc2nc(Cl)nc(N3CCOCC3)c2n1C. The van der Waals surface area contributed by atoms with Gasteiger partial charge in [0.2, 0.25) is 5.28 Å². The Labute approximate surface area is 123 Å². The van der Waals surface area contributed by atoms with Crippen molar-refractivity contribution in [2.24, 2.45) is 7.05 Å². The third kappa shape index (κ3) is 2.71. The van der Waals surface area contributed by atoms with Crippen LogP contribution in [0.25, 0.3) is 11.2 Å². The van der Waals surface area contributed by atoms with E-state index in [2.05, 4.69) is 19.9 Å².